The number of esters is 1. The van der Waals surface area contributed by atoms with Gasteiger partial charge >= 0.3 is 5.97 Å². The van der Waals surface area contributed by atoms with Crippen molar-refractivity contribution in [3.8, 4) is 11.4 Å². The number of ether oxygens (including phenoxy) is 2. The van der Waals surface area contributed by atoms with E-state index in [4.69, 9.17) is 9.47 Å². The average Bonchev–Trinajstić information content (AvgIpc) is 3.32. The van der Waals surface area contributed by atoms with E-state index < -0.39 is 5.82 Å². The van der Waals surface area contributed by atoms with Gasteiger partial charge in [0.25, 0.3) is 0 Å². The smallest absolute Gasteiger partial charge is 0.311 e. The van der Waals surface area contributed by atoms with E-state index in [0.29, 0.717) is 17.4 Å². The fraction of sp³-hybridized carbons (Fsp3) is 0.500. The molecule has 0 saturated heterocycles. The maximum atomic E-state index is 13.9. The van der Waals surface area contributed by atoms with Gasteiger partial charge < -0.3 is 14.8 Å². The first-order valence-electron chi connectivity index (χ1n) is 10.8. The number of carbonyl (C=O) groups excluding carboxylic acids is 1. The molecule has 3 aromatic rings. The molecule has 2 aromatic heterocycles. The maximum absolute atomic E-state index is 13.9. The van der Waals surface area contributed by atoms with Crippen LogP contribution in [0.25, 0.3) is 17.0 Å². The molecule has 1 saturated carbocycles. The Labute approximate surface area is 180 Å². The number of H-pyrrole nitrogens is 1. The van der Waals surface area contributed by atoms with Crippen LogP contribution in [-0.2, 0) is 14.3 Å². The third-order valence-corrected chi connectivity index (χ3v) is 5.95. The number of aromatic amines is 1. The van der Waals surface area contributed by atoms with Crippen molar-refractivity contribution < 1.29 is 18.7 Å². The van der Waals surface area contributed by atoms with Crippen molar-refractivity contribution in [1.29, 1.82) is 0 Å². The van der Waals surface area contributed by atoms with Gasteiger partial charge in [-0.2, -0.15) is 4.63 Å². The summed E-state index contributed by atoms with van der Waals surface area (Å²) < 4.78 is 26.0. The van der Waals surface area contributed by atoms with E-state index >= 15 is 0 Å². The molecule has 2 heterocycles. The minimum atomic E-state index is -0.399. The first kappa shape index (κ1) is 21.3. The van der Waals surface area contributed by atoms with E-state index in [0.717, 1.165) is 36.9 Å². The minimum Gasteiger partial charge on any atom is -0.438 e. The molecule has 1 aliphatic rings. The number of benzene rings is 1. The van der Waals surface area contributed by atoms with Crippen LogP contribution in [0.3, 0.4) is 0 Å². The zero-order valence-corrected chi connectivity index (χ0v) is 17.9. The van der Waals surface area contributed by atoms with Gasteiger partial charge in [-0.1, -0.05) is 26.2 Å². The molecule has 0 bridgehead atoms. The standard InChI is InChI=1S/C22H28FN5O3/c1-3-15-6-4-5-7-18(15)22(29)31-13-30-12-24-17-10-8-16(9-11-17)20-25-21-19(23)14(2)26-28(21)27-20/h8-11,15,18,24,26H,3-7,12-13H2,1-2H3/t15-,18+/m0/s1. The number of rotatable bonds is 8. The van der Waals surface area contributed by atoms with Crippen LogP contribution in [0.4, 0.5) is 10.1 Å². The molecule has 0 radical (unpaired) electrons. The van der Waals surface area contributed by atoms with Gasteiger partial charge in [0.15, 0.2) is 18.4 Å². The van der Waals surface area contributed by atoms with Crippen LogP contribution in [0.1, 0.15) is 44.7 Å². The highest BCUT2D eigenvalue weighted by Crippen LogP contribution is 2.33. The summed E-state index contributed by atoms with van der Waals surface area (Å²) in [6, 6.07) is 7.40. The first-order valence-corrected chi connectivity index (χ1v) is 10.8. The molecule has 8 nitrogen and oxygen atoms in total. The molecule has 31 heavy (non-hydrogen) atoms. The third-order valence-electron chi connectivity index (χ3n) is 5.95. The molecule has 4 rings (SSSR count). The van der Waals surface area contributed by atoms with Crippen molar-refractivity contribution in [3.63, 3.8) is 0 Å². The van der Waals surface area contributed by atoms with Gasteiger partial charge in [-0.15, -0.1) is 5.10 Å². The Morgan fingerprint density at radius 1 is 1.29 bits per heavy atom. The number of nitrogens with zero attached hydrogens (tertiary/aromatic N) is 3. The van der Waals surface area contributed by atoms with Gasteiger partial charge in [0.1, 0.15) is 6.73 Å². The number of fused-ring (bicyclic) bond motifs is 1. The van der Waals surface area contributed by atoms with Gasteiger partial charge in [-0.3, -0.25) is 9.89 Å². The van der Waals surface area contributed by atoms with E-state index in [9.17, 15) is 9.18 Å². The Kier molecular flexibility index (Phi) is 6.50. The Morgan fingerprint density at radius 3 is 2.81 bits per heavy atom. The van der Waals surface area contributed by atoms with Crippen LogP contribution in [0.15, 0.2) is 24.3 Å². The van der Waals surface area contributed by atoms with Crippen LogP contribution in [0.2, 0.25) is 0 Å². The fourth-order valence-electron chi connectivity index (χ4n) is 4.16. The molecule has 0 spiro atoms. The van der Waals surface area contributed by atoms with Crippen LogP contribution in [-0.4, -0.2) is 39.3 Å². The molecule has 0 amide bonds. The number of aromatic nitrogens is 4. The summed E-state index contributed by atoms with van der Waals surface area (Å²) in [7, 11) is 0. The number of carbonyl (C=O) groups is 1. The van der Waals surface area contributed by atoms with Crippen molar-refractivity contribution in [1.82, 2.24) is 19.8 Å². The molecule has 2 N–H and O–H groups in total. The molecule has 9 heteroatoms. The zero-order valence-electron chi connectivity index (χ0n) is 17.9. The summed E-state index contributed by atoms with van der Waals surface area (Å²) in [5, 5.41) is 10.2. The Bertz CT molecular complexity index is 1030. The van der Waals surface area contributed by atoms with E-state index in [-0.39, 0.29) is 31.1 Å². The number of anilines is 1. The highest BCUT2D eigenvalue weighted by molar-refractivity contribution is 5.72. The first-order chi connectivity index (χ1) is 15.1. The summed E-state index contributed by atoms with van der Waals surface area (Å²) in [5.74, 6) is 0.322. The Morgan fingerprint density at radius 2 is 2.06 bits per heavy atom. The van der Waals surface area contributed by atoms with E-state index in [1.165, 1.54) is 11.1 Å². The highest BCUT2D eigenvalue weighted by atomic mass is 19.1. The topological polar surface area (TPSA) is 93.5 Å². The normalized spacial score (nSPS) is 18.9. The molecular weight excluding hydrogens is 401 g/mol. The van der Waals surface area contributed by atoms with Crippen LogP contribution in [0, 0.1) is 24.6 Å². The fourth-order valence-corrected chi connectivity index (χ4v) is 4.16. The summed E-state index contributed by atoms with van der Waals surface area (Å²) in [5.41, 5.74) is 2.18. The molecule has 1 aromatic carbocycles. The lowest BCUT2D eigenvalue weighted by molar-refractivity contribution is -0.164. The summed E-state index contributed by atoms with van der Waals surface area (Å²) in [6.45, 7) is 3.91. The van der Waals surface area contributed by atoms with Gasteiger partial charge in [0.05, 0.1) is 11.6 Å². The summed E-state index contributed by atoms with van der Waals surface area (Å²) in [6.07, 6.45) is 5.32. The third kappa shape index (κ3) is 4.71. The summed E-state index contributed by atoms with van der Waals surface area (Å²) >= 11 is 0. The Balaban J connectivity index is 1.23. The predicted molar refractivity (Wildman–Crippen MR) is 114 cm³/mol. The molecule has 0 unspecified atom stereocenters. The predicted octanol–water partition coefficient (Wildman–Crippen LogP) is 4.28. The molecular formula is C22H28FN5O3. The number of halogens is 1. The Hall–Kier alpha value is -2.94. The minimum absolute atomic E-state index is 0.00359. The van der Waals surface area contributed by atoms with Crippen molar-refractivity contribution in [3.05, 3.63) is 35.8 Å². The molecule has 0 aliphatic heterocycles. The van der Waals surface area contributed by atoms with Gasteiger partial charge in [0.2, 0.25) is 5.65 Å². The average molecular weight is 429 g/mol. The zero-order chi connectivity index (χ0) is 21.8. The molecule has 1 aliphatic carbocycles. The van der Waals surface area contributed by atoms with E-state index in [1.807, 2.05) is 24.3 Å². The number of aryl methyl sites for hydroxylation is 1. The van der Waals surface area contributed by atoms with Gasteiger partial charge in [-0.05, 0) is 49.9 Å². The SMILES string of the molecule is CC[C@H]1CCCC[C@H]1C(=O)OCOCNc1ccc(-c2nc3c(F)c(C)[nH]n3n2)cc1. The maximum Gasteiger partial charge on any atom is 0.311 e. The van der Waals surface area contributed by atoms with Crippen LogP contribution in [0.5, 0.6) is 0 Å². The molecule has 2 atom stereocenters. The van der Waals surface area contributed by atoms with Crippen molar-refractivity contribution in [2.24, 2.45) is 11.8 Å². The molecule has 166 valence electrons. The largest absolute Gasteiger partial charge is 0.438 e. The van der Waals surface area contributed by atoms with Gasteiger partial charge in [-0.25, -0.2) is 9.37 Å². The van der Waals surface area contributed by atoms with Crippen molar-refractivity contribution >= 4 is 17.3 Å². The lowest BCUT2D eigenvalue weighted by Gasteiger charge is -2.28. The highest BCUT2D eigenvalue weighted by Gasteiger charge is 2.30. The van der Waals surface area contributed by atoms with Gasteiger partial charge in [0, 0.05) is 11.3 Å². The monoisotopic (exact) mass is 429 g/mol. The summed E-state index contributed by atoms with van der Waals surface area (Å²) in [4.78, 5) is 16.5. The van der Waals surface area contributed by atoms with Crippen molar-refractivity contribution in [2.75, 3.05) is 18.8 Å². The van der Waals surface area contributed by atoms with Crippen LogP contribution >= 0.6 is 0 Å². The van der Waals surface area contributed by atoms with E-state index in [2.05, 4.69) is 27.4 Å². The quantitative estimate of drug-likeness (QED) is 0.315. The number of nitrogens with one attached hydrogen (secondary N) is 2. The number of hydrogen-bond acceptors (Lipinski definition) is 6. The van der Waals surface area contributed by atoms with Crippen molar-refractivity contribution in [2.45, 2.75) is 46.0 Å². The lowest BCUT2D eigenvalue weighted by atomic mass is 9.78. The van der Waals surface area contributed by atoms with Crippen LogP contribution < -0.4 is 5.32 Å². The number of hydrogen-bond donors (Lipinski definition) is 2. The second kappa shape index (κ2) is 9.47. The lowest BCUT2D eigenvalue weighted by Crippen LogP contribution is -2.29. The molecule has 1 fully saturated rings. The van der Waals surface area contributed by atoms with E-state index in [1.54, 1.807) is 6.92 Å². The second-order valence-electron chi connectivity index (χ2n) is 7.96. The second-order valence-corrected chi connectivity index (χ2v) is 7.96.